The summed E-state index contributed by atoms with van der Waals surface area (Å²) >= 11 is 3.13. The van der Waals surface area contributed by atoms with Crippen molar-refractivity contribution in [2.75, 3.05) is 17.6 Å². The molecule has 0 radical (unpaired) electrons. The van der Waals surface area contributed by atoms with Crippen molar-refractivity contribution in [3.8, 4) is 5.75 Å². The number of phenols is 1. The molecule has 100 valence electrons. The summed E-state index contributed by atoms with van der Waals surface area (Å²) in [5.74, 6) is -0.120. The smallest absolute Gasteiger partial charge is 0.139 e. The Morgan fingerprint density at radius 2 is 1.89 bits per heavy atom. The standard InChI is InChI=1S/C14H14BrFN2O/c15-11-7-14(13(17)8-12(11)16)18-6-5-9-1-3-10(19)4-2-9/h1-4,7-8,18-19H,5-6,17H2. The minimum Gasteiger partial charge on any atom is -0.508 e. The molecule has 0 aliphatic rings. The first-order valence-electron chi connectivity index (χ1n) is 5.82. The second-order valence-corrected chi connectivity index (χ2v) is 5.05. The van der Waals surface area contributed by atoms with E-state index in [1.807, 2.05) is 12.1 Å². The molecule has 5 heteroatoms. The van der Waals surface area contributed by atoms with Crippen molar-refractivity contribution in [2.45, 2.75) is 6.42 Å². The molecular weight excluding hydrogens is 311 g/mol. The van der Waals surface area contributed by atoms with Gasteiger partial charge in [-0.25, -0.2) is 4.39 Å². The summed E-state index contributed by atoms with van der Waals surface area (Å²) in [6, 6.07) is 9.94. The number of nitrogen functional groups attached to an aromatic ring is 1. The van der Waals surface area contributed by atoms with Gasteiger partial charge >= 0.3 is 0 Å². The molecule has 2 rings (SSSR count). The van der Waals surface area contributed by atoms with E-state index in [4.69, 9.17) is 5.73 Å². The minimum atomic E-state index is -0.374. The summed E-state index contributed by atoms with van der Waals surface area (Å²) in [5, 5.41) is 12.3. The number of phenolic OH excluding ortho intramolecular Hbond substituents is 1. The molecule has 0 amide bonds. The van der Waals surface area contributed by atoms with Crippen LogP contribution in [0.15, 0.2) is 40.9 Å². The van der Waals surface area contributed by atoms with Crippen LogP contribution in [0.25, 0.3) is 0 Å². The van der Waals surface area contributed by atoms with Gasteiger partial charge in [-0.15, -0.1) is 0 Å². The van der Waals surface area contributed by atoms with E-state index in [1.165, 1.54) is 6.07 Å². The number of rotatable bonds is 4. The number of hydrogen-bond donors (Lipinski definition) is 3. The topological polar surface area (TPSA) is 58.3 Å². The summed E-state index contributed by atoms with van der Waals surface area (Å²) in [6.45, 7) is 0.674. The highest BCUT2D eigenvalue weighted by Crippen LogP contribution is 2.26. The van der Waals surface area contributed by atoms with Gasteiger partial charge in [-0.05, 0) is 46.1 Å². The lowest BCUT2D eigenvalue weighted by Crippen LogP contribution is -2.07. The molecule has 0 atom stereocenters. The van der Waals surface area contributed by atoms with Gasteiger partial charge in [0, 0.05) is 12.6 Å². The fraction of sp³-hybridized carbons (Fsp3) is 0.143. The second kappa shape index (κ2) is 5.93. The minimum absolute atomic E-state index is 0.253. The van der Waals surface area contributed by atoms with Gasteiger partial charge in [0.15, 0.2) is 0 Å². The molecule has 19 heavy (non-hydrogen) atoms. The first-order chi connectivity index (χ1) is 9.06. The van der Waals surface area contributed by atoms with Gasteiger partial charge in [0.1, 0.15) is 11.6 Å². The van der Waals surface area contributed by atoms with Gasteiger partial charge < -0.3 is 16.2 Å². The summed E-state index contributed by atoms with van der Waals surface area (Å²) in [4.78, 5) is 0. The molecule has 3 nitrogen and oxygen atoms in total. The van der Waals surface area contributed by atoms with Gasteiger partial charge in [0.2, 0.25) is 0 Å². The second-order valence-electron chi connectivity index (χ2n) is 4.20. The third-order valence-electron chi connectivity index (χ3n) is 2.76. The van der Waals surface area contributed by atoms with Crippen LogP contribution in [-0.2, 0) is 6.42 Å². The Kier molecular flexibility index (Phi) is 4.27. The third kappa shape index (κ3) is 3.61. The van der Waals surface area contributed by atoms with Crippen molar-refractivity contribution in [3.05, 3.63) is 52.3 Å². The van der Waals surface area contributed by atoms with Crippen molar-refractivity contribution >= 4 is 27.3 Å². The van der Waals surface area contributed by atoms with E-state index in [2.05, 4.69) is 21.2 Å². The van der Waals surface area contributed by atoms with E-state index in [0.29, 0.717) is 22.4 Å². The first-order valence-corrected chi connectivity index (χ1v) is 6.62. The van der Waals surface area contributed by atoms with Gasteiger partial charge in [-0.2, -0.15) is 0 Å². The van der Waals surface area contributed by atoms with E-state index in [1.54, 1.807) is 18.2 Å². The molecule has 0 bridgehead atoms. The Bertz CT molecular complexity index is 572. The molecule has 0 fully saturated rings. The molecular formula is C14H14BrFN2O. The Balaban J connectivity index is 1.96. The maximum Gasteiger partial charge on any atom is 0.139 e. The van der Waals surface area contributed by atoms with Crippen molar-refractivity contribution in [1.29, 1.82) is 0 Å². The number of halogens is 2. The van der Waals surface area contributed by atoms with Crippen molar-refractivity contribution < 1.29 is 9.50 Å². The molecule has 0 unspecified atom stereocenters. The maximum absolute atomic E-state index is 13.2. The Hall–Kier alpha value is -1.75. The molecule has 0 spiro atoms. The number of anilines is 2. The van der Waals surface area contributed by atoms with E-state index < -0.39 is 0 Å². The summed E-state index contributed by atoms with van der Waals surface area (Å²) in [5.41, 5.74) is 7.92. The summed E-state index contributed by atoms with van der Waals surface area (Å²) in [6.07, 6.45) is 0.786. The predicted molar refractivity (Wildman–Crippen MR) is 78.8 cm³/mol. The van der Waals surface area contributed by atoms with E-state index >= 15 is 0 Å². The van der Waals surface area contributed by atoms with Crippen molar-refractivity contribution in [1.82, 2.24) is 0 Å². The zero-order valence-corrected chi connectivity index (χ0v) is 11.7. The lowest BCUT2D eigenvalue weighted by molar-refractivity contribution is 0.475. The third-order valence-corrected chi connectivity index (χ3v) is 3.37. The molecule has 0 aromatic heterocycles. The Morgan fingerprint density at radius 1 is 1.21 bits per heavy atom. The van der Waals surface area contributed by atoms with Crippen LogP contribution in [0.5, 0.6) is 5.75 Å². The highest BCUT2D eigenvalue weighted by Gasteiger charge is 2.05. The molecule has 2 aromatic carbocycles. The number of nitrogens with one attached hydrogen (secondary N) is 1. The van der Waals surface area contributed by atoms with Crippen LogP contribution in [0.2, 0.25) is 0 Å². The number of hydrogen-bond acceptors (Lipinski definition) is 3. The van der Waals surface area contributed by atoms with Gasteiger partial charge in [0.25, 0.3) is 0 Å². The fourth-order valence-corrected chi connectivity index (χ4v) is 2.06. The Labute approximate surface area is 119 Å². The van der Waals surface area contributed by atoms with Crippen molar-refractivity contribution in [3.63, 3.8) is 0 Å². The van der Waals surface area contributed by atoms with E-state index in [0.717, 1.165) is 12.0 Å². The zero-order valence-electron chi connectivity index (χ0n) is 10.2. The molecule has 4 N–H and O–H groups in total. The van der Waals surface area contributed by atoms with Crippen LogP contribution in [-0.4, -0.2) is 11.7 Å². The van der Waals surface area contributed by atoms with Gasteiger partial charge in [-0.1, -0.05) is 12.1 Å². The van der Waals surface area contributed by atoms with Crippen LogP contribution >= 0.6 is 15.9 Å². The van der Waals surface area contributed by atoms with Crippen LogP contribution in [0.3, 0.4) is 0 Å². The maximum atomic E-state index is 13.2. The number of benzene rings is 2. The molecule has 0 saturated carbocycles. The zero-order chi connectivity index (χ0) is 13.8. The SMILES string of the molecule is Nc1cc(F)c(Br)cc1NCCc1ccc(O)cc1. The molecule has 0 saturated heterocycles. The summed E-state index contributed by atoms with van der Waals surface area (Å²) in [7, 11) is 0. The van der Waals surface area contributed by atoms with Gasteiger partial charge in [-0.3, -0.25) is 0 Å². The van der Waals surface area contributed by atoms with E-state index in [9.17, 15) is 9.50 Å². The fourth-order valence-electron chi connectivity index (χ4n) is 1.72. The summed E-state index contributed by atoms with van der Waals surface area (Å²) < 4.78 is 13.6. The largest absolute Gasteiger partial charge is 0.508 e. The van der Waals surface area contributed by atoms with E-state index in [-0.39, 0.29) is 11.6 Å². The Morgan fingerprint density at radius 3 is 2.58 bits per heavy atom. The first kappa shape index (κ1) is 13.7. The predicted octanol–water partition coefficient (Wildman–Crippen LogP) is 3.53. The number of aromatic hydroxyl groups is 1. The lowest BCUT2D eigenvalue weighted by Gasteiger charge is -2.10. The highest BCUT2D eigenvalue weighted by molar-refractivity contribution is 9.10. The van der Waals surface area contributed by atoms with Crippen LogP contribution in [0.1, 0.15) is 5.56 Å². The molecule has 0 aliphatic heterocycles. The average molecular weight is 325 g/mol. The monoisotopic (exact) mass is 324 g/mol. The van der Waals surface area contributed by atoms with Crippen LogP contribution in [0.4, 0.5) is 15.8 Å². The quantitative estimate of drug-likeness (QED) is 0.754. The van der Waals surface area contributed by atoms with Crippen LogP contribution < -0.4 is 11.1 Å². The van der Waals surface area contributed by atoms with Crippen molar-refractivity contribution in [2.24, 2.45) is 0 Å². The molecule has 0 heterocycles. The normalized spacial score (nSPS) is 10.4. The number of nitrogens with two attached hydrogens (primary N) is 1. The van der Waals surface area contributed by atoms with Crippen LogP contribution in [0, 0.1) is 5.82 Å². The van der Waals surface area contributed by atoms with Gasteiger partial charge in [0.05, 0.1) is 15.8 Å². The highest BCUT2D eigenvalue weighted by atomic mass is 79.9. The lowest BCUT2D eigenvalue weighted by atomic mass is 10.1. The molecule has 2 aromatic rings. The molecule has 0 aliphatic carbocycles. The average Bonchev–Trinajstić information content (AvgIpc) is 2.38.